The monoisotopic (exact) mass is 194 g/mol. The second-order valence-electron chi connectivity index (χ2n) is 3.72. The zero-order valence-electron chi connectivity index (χ0n) is 9.55. The van der Waals surface area contributed by atoms with Gasteiger partial charge in [0.1, 0.15) is 11.5 Å². The summed E-state index contributed by atoms with van der Waals surface area (Å²) in [5, 5.41) is 0. The Hall–Kier alpha value is -1.18. The maximum atomic E-state index is 5.32. The van der Waals surface area contributed by atoms with Gasteiger partial charge in [-0.1, -0.05) is 13.8 Å². The number of aryl methyl sites for hydroxylation is 1. The number of benzene rings is 1. The van der Waals surface area contributed by atoms with Crippen LogP contribution < -0.4 is 9.47 Å². The maximum absolute atomic E-state index is 5.32. The molecule has 0 heterocycles. The van der Waals surface area contributed by atoms with Gasteiger partial charge in [0, 0.05) is 6.07 Å². The Bertz CT molecular complexity index is 316. The molecule has 0 saturated carbocycles. The van der Waals surface area contributed by atoms with Crippen LogP contribution in [0.1, 0.15) is 30.9 Å². The summed E-state index contributed by atoms with van der Waals surface area (Å²) >= 11 is 0. The molecule has 0 aliphatic heterocycles. The molecule has 0 fully saturated rings. The first-order valence-corrected chi connectivity index (χ1v) is 4.82. The molecule has 14 heavy (non-hydrogen) atoms. The average Bonchev–Trinajstić information content (AvgIpc) is 2.17. The predicted octanol–water partition coefficient (Wildman–Crippen LogP) is 3.14. The van der Waals surface area contributed by atoms with Gasteiger partial charge < -0.3 is 9.47 Å². The number of hydrogen-bond donors (Lipinski definition) is 0. The summed E-state index contributed by atoms with van der Waals surface area (Å²) in [6.07, 6.45) is 0. The van der Waals surface area contributed by atoms with E-state index in [0.29, 0.717) is 5.92 Å². The molecule has 0 amide bonds. The molecule has 0 aliphatic rings. The molecule has 0 aliphatic carbocycles. The molecule has 1 rings (SSSR count). The van der Waals surface area contributed by atoms with Gasteiger partial charge in [0.25, 0.3) is 0 Å². The Kier molecular flexibility index (Phi) is 3.39. The Morgan fingerprint density at radius 3 is 2.00 bits per heavy atom. The van der Waals surface area contributed by atoms with Crippen molar-refractivity contribution in [1.82, 2.24) is 0 Å². The van der Waals surface area contributed by atoms with Crippen LogP contribution in [0.15, 0.2) is 12.1 Å². The van der Waals surface area contributed by atoms with Crippen LogP contribution in [0.5, 0.6) is 11.5 Å². The van der Waals surface area contributed by atoms with Gasteiger partial charge in [-0.2, -0.15) is 0 Å². The highest BCUT2D eigenvalue weighted by Crippen LogP contribution is 2.32. The van der Waals surface area contributed by atoms with Crippen LogP contribution in [0, 0.1) is 6.92 Å². The van der Waals surface area contributed by atoms with E-state index in [1.165, 1.54) is 5.56 Å². The lowest BCUT2D eigenvalue weighted by Gasteiger charge is -2.15. The maximum Gasteiger partial charge on any atom is 0.126 e. The fourth-order valence-corrected chi connectivity index (χ4v) is 1.54. The van der Waals surface area contributed by atoms with E-state index < -0.39 is 0 Å². The molecule has 0 bridgehead atoms. The van der Waals surface area contributed by atoms with Crippen LogP contribution in [-0.4, -0.2) is 14.2 Å². The molecule has 0 atom stereocenters. The summed E-state index contributed by atoms with van der Waals surface area (Å²) in [5.74, 6) is 2.25. The van der Waals surface area contributed by atoms with E-state index in [-0.39, 0.29) is 0 Å². The largest absolute Gasteiger partial charge is 0.496 e. The second-order valence-corrected chi connectivity index (χ2v) is 3.72. The van der Waals surface area contributed by atoms with Crippen molar-refractivity contribution in [2.24, 2.45) is 0 Å². The summed E-state index contributed by atoms with van der Waals surface area (Å²) in [6.45, 7) is 6.36. The molecule has 0 aromatic heterocycles. The third kappa shape index (κ3) is 2.00. The lowest BCUT2D eigenvalue weighted by Crippen LogP contribution is -1.97. The van der Waals surface area contributed by atoms with Gasteiger partial charge in [-0.15, -0.1) is 0 Å². The SMILES string of the molecule is COc1cc(OC)c(C(C)C)cc1C. The second kappa shape index (κ2) is 4.36. The van der Waals surface area contributed by atoms with Crippen molar-refractivity contribution >= 4 is 0 Å². The van der Waals surface area contributed by atoms with Gasteiger partial charge in [-0.05, 0) is 30.0 Å². The Labute approximate surface area is 85.8 Å². The van der Waals surface area contributed by atoms with Gasteiger partial charge in [0.2, 0.25) is 0 Å². The molecule has 1 aromatic rings. The van der Waals surface area contributed by atoms with E-state index in [9.17, 15) is 0 Å². The molecule has 0 spiro atoms. The lowest BCUT2D eigenvalue weighted by atomic mass is 9.99. The molecule has 0 N–H and O–H groups in total. The molecule has 1 aromatic carbocycles. The van der Waals surface area contributed by atoms with Gasteiger partial charge in [-0.3, -0.25) is 0 Å². The predicted molar refractivity (Wildman–Crippen MR) is 58.4 cm³/mol. The summed E-state index contributed by atoms with van der Waals surface area (Å²) in [6, 6.07) is 4.08. The summed E-state index contributed by atoms with van der Waals surface area (Å²) < 4.78 is 10.6. The van der Waals surface area contributed by atoms with E-state index >= 15 is 0 Å². The van der Waals surface area contributed by atoms with Gasteiger partial charge in [-0.25, -0.2) is 0 Å². The summed E-state index contributed by atoms with van der Waals surface area (Å²) in [4.78, 5) is 0. The van der Waals surface area contributed by atoms with E-state index in [2.05, 4.69) is 19.9 Å². The van der Waals surface area contributed by atoms with Crippen LogP contribution in [0.4, 0.5) is 0 Å². The first-order chi connectivity index (χ1) is 6.60. The van der Waals surface area contributed by atoms with Gasteiger partial charge >= 0.3 is 0 Å². The highest BCUT2D eigenvalue weighted by molar-refractivity contribution is 5.47. The van der Waals surface area contributed by atoms with E-state index in [1.54, 1.807) is 14.2 Å². The minimum Gasteiger partial charge on any atom is -0.496 e. The van der Waals surface area contributed by atoms with Crippen LogP contribution in [0.2, 0.25) is 0 Å². The van der Waals surface area contributed by atoms with Crippen LogP contribution in [-0.2, 0) is 0 Å². The van der Waals surface area contributed by atoms with Crippen molar-refractivity contribution in [3.63, 3.8) is 0 Å². The molecule has 0 radical (unpaired) electrons. The van der Waals surface area contributed by atoms with Crippen LogP contribution >= 0.6 is 0 Å². The highest BCUT2D eigenvalue weighted by atomic mass is 16.5. The average molecular weight is 194 g/mol. The molecule has 2 nitrogen and oxygen atoms in total. The fourth-order valence-electron chi connectivity index (χ4n) is 1.54. The van der Waals surface area contributed by atoms with Crippen LogP contribution in [0.3, 0.4) is 0 Å². The molecular weight excluding hydrogens is 176 g/mol. The van der Waals surface area contributed by atoms with E-state index in [0.717, 1.165) is 17.1 Å². The quantitative estimate of drug-likeness (QED) is 0.736. The first kappa shape index (κ1) is 10.9. The smallest absolute Gasteiger partial charge is 0.126 e. The lowest BCUT2D eigenvalue weighted by molar-refractivity contribution is 0.388. The van der Waals surface area contributed by atoms with E-state index in [1.807, 2.05) is 13.0 Å². The minimum absolute atomic E-state index is 0.467. The highest BCUT2D eigenvalue weighted by Gasteiger charge is 2.10. The standard InChI is InChI=1S/C12H18O2/c1-8(2)10-6-9(3)11(13-4)7-12(10)14-5/h6-8H,1-5H3. The van der Waals surface area contributed by atoms with E-state index in [4.69, 9.17) is 9.47 Å². The molecule has 0 unspecified atom stereocenters. The molecule has 0 saturated heterocycles. The van der Waals surface area contributed by atoms with Gasteiger partial charge in [0.05, 0.1) is 14.2 Å². The summed E-state index contributed by atoms with van der Waals surface area (Å²) in [7, 11) is 3.37. The number of rotatable bonds is 3. The fraction of sp³-hybridized carbons (Fsp3) is 0.500. The molecule has 78 valence electrons. The Balaban J connectivity index is 3.24. The summed E-state index contributed by atoms with van der Waals surface area (Å²) in [5.41, 5.74) is 2.38. The van der Waals surface area contributed by atoms with Crippen molar-refractivity contribution in [3.05, 3.63) is 23.3 Å². The van der Waals surface area contributed by atoms with Crippen molar-refractivity contribution < 1.29 is 9.47 Å². The number of methoxy groups -OCH3 is 2. The van der Waals surface area contributed by atoms with Crippen LogP contribution in [0.25, 0.3) is 0 Å². The minimum atomic E-state index is 0.467. The van der Waals surface area contributed by atoms with Crippen molar-refractivity contribution in [2.45, 2.75) is 26.7 Å². The Morgan fingerprint density at radius 2 is 1.57 bits per heavy atom. The zero-order valence-corrected chi connectivity index (χ0v) is 9.55. The van der Waals surface area contributed by atoms with Crippen molar-refractivity contribution in [1.29, 1.82) is 0 Å². The molecule has 2 heteroatoms. The third-order valence-electron chi connectivity index (χ3n) is 2.37. The Morgan fingerprint density at radius 1 is 1.00 bits per heavy atom. The first-order valence-electron chi connectivity index (χ1n) is 4.82. The zero-order chi connectivity index (χ0) is 10.7. The van der Waals surface area contributed by atoms with Gasteiger partial charge in [0.15, 0.2) is 0 Å². The third-order valence-corrected chi connectivity index (χ3v) is 2.37. The van der Waals surface area contributed by atoms with Crippen molar-refractivity contribution in [2.75, 3.05) is 14.2 Å². The number of hydrogen-bond acceptors (Lipinski definition) is 2. The normalized spacial score (nSPS) is 10.4. The molecular formula is C12H18O2. The number of ether oxygens (including phenoxy) is 2. The topological polar surface area (TPSA) is 18.5 Å². The van der Waals surface area contributed by atoms with Crippen molar-refractivity contribution in [3.8, 4) is 11.5 Å².